The molecule has 0 radical (unpaired) electrons. The van der Waals surface area contributed by atoms with Crippen molar-refractivity contribution in [2.45, 2.75) is 7.43 Å². The largest absolute Gasteiger partial charge is 0.507 e. The number of rotatable bonds is 3. The van der Waals surface area contributed by atoms with E-state index < -0.39 is 5.97 Å². The lowest BCUT2D eigenvalue weighted by atomic mass is 10.2. The van der Waals surface area contributed by atoms with Crippen LogP contribution in [0.3, 0.4) is 0 Å². The summed E-state index contributed by atoms with van der Waals surface area (Å²) in [5, 5.41) is 9.25. The molecule has 0 saturated heterocycles. The number of ether oxygens (including phenoxy) is 1. The molecule has 0 aliphatic heterocycles. The highest BCUT2D eigenvalue weighted by Gasteiger charge is 2.09. The number of carbonyl (C=O) groups is 1. The van der Waals surface area contributed by atoms with Gasteiger partial charge in [0, 0.05) is 0 Å². The highest BCUT2D eigenvalue weighted by molar-refractivity contribution is 5.92. The van der Waals surface area contributed by atoms with Gasteiger partial charge < -0.3 is 9.84 Å². The molecule has 76 valence electrons. The summed E-state index contributed by atoms with van der Waals surface area (Å²) < 4.78 is 4.74. The Labute approximate surface area is 83.6 Å². The number of aromatic hydroxyl groups is 1. The van der Waals surface area contributed by atoms with Crippen molar-refractivity contribution in [3.05, 3.63) is 42.5 Å². The van der Waals surface area contributed by atoms with Gasteiger partial charge in [-0.15, -0.1) is 0 Å². The molecule has 0 bridgehead atoms. The van der Waals surface area contributed by atoms with E-state index in [0.717, 1.165) is 0 Å². The van der Waals surface area contributed by atoms with Crippen LogP contribution >= 0.6 is 0 Å². The van der Waals surface area contributed by atoms with Crippen molar-refractivity contribution >= 4 is 5.97 Å². The van der Waals surface area contributed by atoms with Crippen molar-refractivity contribution in [2.75, 3.05) is 6.61 Å². The van der Waals surface area contributed by atoms with Crippen LogP contribution in [0.2, 0.25) is 0 Å². The summed E-state index contributed by atoms with van der Waals surface area (Å²) in [5.41, 5.74) is 0.171. The molecule has 1 aromatic carbocycles. The number of phenolic OH excluding ortho intramolecular Hbond substituents is 1. The second-order valence-corrected chi connectivity index (χ2v) is 2.40. The van der Waals surface area contributed by atoms with Crippen LogP contribution in [0.5, 0.6) is 5.75 Å². The first-order chi connectivity index (χ1) is 6.25. The van der Waals surface area contributed by atoms with Gasteiger partial charge in [0.05, 0.1) is 0 Å². The molecule has 0 aromatic heterocycles. The molecule has 0 heterocycles. The van der Waals surface area contributed by atoms with E-state index in [1.807, 2.05) is 0 Å². The first-order valence-electron chi connectivity index (χ1n) is 3.81. The quantitative estimate of drug-likeness (QED) is 0.593. The van der Waals surface area contributed by atoms with E-state index in [0.29, 0.717) is 0 Å². The molecule has 0 spiro atoms. The van der Waals surface area contributed by atoms with Crippen LogP contribution in [0, 0.1) is 0 Å². The van der Waals surface area contributed by atoms with E-state index >= 15 is 0 Å². The lowest BCUT2D eigenvalue weighted by molar-refractivity contribution is 0.0546. The number of carbonyl (C=O) groups excluding carboxylic acids is 1. The molecular formula is C11H14O3. The smallest absolute Gasteiger partial charge is 0.342 e. The summed E-state index contributed by atoms with van der Waals surface area (Å²) in [6.45, 7) is 3.56. The topological polar surface area (TPSA) is 46.5 Å². The normalized spacial score (nSPS) is 8.57. The predicted octanol–water partition coefficient (Wildman–Crippen LogP) is 2.37. The van der Waals surface area contributed by atoms with Gasteiger partial charge in [-0.2, -0.15) is 0 Å². The zero-order valence-electron chi connectivity index (χ0n) is 7.06. The molecular weight excluding hydrogens is 180 g/mol. The van der Waals surface area contributed by atoms with Crippen molar-refractivity contribution in [3.8, 4) is 5.75 Å². The Morgan fingerprint density at radius 2 is 2.14 bits per heavy atom. The summed E-state index contributed by atoms with van der Waals surface area (Å²) in [5.74, 6) is -0.616. The molecule has 3 heteroatoms. The van der Waals surface area contributed by atoms with Crippen LogP contribution in [0.1, 0.15) is 17.8 Å². The third kappa shape index (κ3) is 2.94. The van der Waals surface area contributed by atoms with Gasteiger partial charge in [0.15, 0.2) is 0 Å². The molecule has 3 nitrogen and oxygen atoms in total. The van der Waals surface area contributed by atoms with Crippen molar-refractivity contribution in [1.29, 1.82) is 0 Å². The average molecular weight is 194 g/mol. The van der Waals surface area contributed by atoms with Gasteiger partial charge >= 0.3 is 5.97 Å². The zero-order valence-corrected chi connectivity index (χ0v) is 7.06. The van der Waals surface area contributed by atoms with Crippen LogP contribution in [0.4, 0.5) is 0 Å². The Kier molecular flexibility index (Phi) is 5.07. The fraction of sp³-hybridized carbons (Fsp3) is 0.182. The minimum absolute atomic E-state index is 0. The Bertz CT molecular complexity index is 318. The first-order valence-corrected chi connectivity index (χ1v) is 3.81. The highest BCUT2D eigenvalue weighted by Crippen LogP contribution is 2.16. The summed E-state index contributed by atoms with van der Waals surface area (Å²) in [4.78, 5) is 11.2. The number of hydrogen-bond donors (Lipinski definition) is 1. The fourth-order valence-electron chi connectivity index (χ4n) is 0.859. The fourth-order valence-corrected chi connectivity index (χ4v) is 0.859. The van der Waals surface area contributed by atoms with E-state index in [1.165, 1.54) is 18.2 Å². The second kappa shape index (κ2) is 5.80. The monoisotopic (exact) mass is 194 g/mol. The highest BCUT2D eigenvalue weighted by atomic mass is 16.5. The molecule has 1 aromatic rings. The summed E-state index contributed by atoms with van der Waals surface area (Å²) >= 11 is 0. The Morgan fingerprint density at radius 1 is 1.50 bits per heavy atom. The molecule has 0 aliphatic carbocycles. The molecule has 14 heavy (non-hydrogen) atoms. The SMILES string of the molecule is C.C=CCOC(=O)c1ccccc1O. The first kappa shape index (κ1) is 12.2. The van der Waals surface area contributed by atoms with Crippen LogP contribution in [-0.4, -0.2) is 17.7 Å². The van der Waals surface area contributed by atoms with E-state index in [2.05, 4.69) is 6.58 Å². The summed E-state index contributed by atoms with van der Waals surface area (Å²) in [6, 6.07) is 6.23. The van der Waals surface area contributed by atoms with E-state index in [4.69, 9.17) is 4.74 Å². The Balaban J connectivity index is 0.00000169. The van der Waals surface area contributed by atoms with E-state index in [9.17, 15) is 9.90 Å². The van der Waals surface area contributed by atoms with Crippen molar-refractivity contribution in [3.63, 3.8) is 0 Å². The third-order valence-corrected chi connectivity index (χ3v) is 1.46. The molecule has 0 unspecified atom stereocenters. The van der Waals surface area contributed by atoms with Gasteiger partial charge in [0.1, 0.15) is 17.9 Å². The Morgan fingerprint density at radius 3 is 2.71 bits per heavy atom. The van der Waals surface area contributed by atoms with Crippen LogP contribution in [0.25, 0.3) is 0 Å². The van der Waals surface area contributed by atoms with E-state index in [1.54, 1.807) is 12.1 Å². The minimum Gasteiger partial charge on any atom is -0.507 e. The maximum absolute atomic E-state index is 11.2. The molecule has 0 aliphatic rings. The van der Waals surface area contributed by atoms with Crippen LogP contribution in [-0.2, 0) is 4.74 Å². The standard InChI is InChI=1S/C10H10O3.CH4/c1-2-7-13-10(12)8-5-3-4-6-9(8)11;/h2-6,11H,1,7H2;1H4. The lowest BCUT2D eigenvalue weighted by Gasteiger charge is -2.02. The summed E-state index contributed by atoms with van der Waals surface area (Å²) in [6.07, 6.45) is 1.47. The number of benzene rings is 1. The van der Waals surface area contributed by atoms with Crippen molar-refractivity contribution in [2.24, 2.45) is 0 Å². The summed E-state index contributed by atoms with van der Waals surface area (Å²) in [7, 11) is 0. The predicted molar refractivity (Wildman–Crippen MR) is 55.3 cm³/mol. The van der Waals surface area contributed by atoms with E-state index in [-0.39, 0.29) is 25.3 Å². The number of hydrogen-bond acceptors (Lipinski definition) is 3. The van der Waals surface area contributed by atoms with Gasteiger partial charge in [0.25, 0.3) is 0 Å². The molecule has 1 N–H and O–H groups in total. The second-order valence-electron chi connectivity index (χ2n) is 2.40. The number of phenols is 1. The average Bonchev–Trinajstić information content (AvgIpc) is 2.15. The lowest BCUT2D eigenvalue weighted by Crippen LogP contribution is -2.04. The molecule has 1 rings (SSSR count). The van der Waals surface area contributed by atoms with Gasteiger partial charge in [-0.3, -0.25) is 0 Å². The maximum atomic E-state index is 11.2. The van der Waals surface area contributed by atoms with Crippen LogP contribution in [0.15, 0.2) is 36.9 Å². The minimum atomic E-state index is -0.544. The van der Waals surface area contributed by atoms with Crippen LogP contribution < -0.4 is 0 Å². The maximum Gasteiger partial charge on any atom is 0.342 e. The molecule has 0 atom stereocenters. The van der Waals surface area contributed by atoms with Crippen molar-refractivity contribution < 1.29 is 14.6 Å². The van der Waals surface area contributed by atoms with Crippen molar-refractivity contribution in [1.82, 2.24) is 0 Å². The molecule has 0 fully saturated rings. The Hall–Kier alpha value is -1.77. The molecule has 0 saturated carbocycles. The van der Waals surface area contributed by atoms with Gasteiger partial charge in [-0.1, -0.05) is 32.2 Å². The zero-order chi connectivity index (χ0) is 9.68. The van der Waals surface area contributed by atoms with Gasteiger partial charge in [-0.25, -0.2) is 4.79 Å². The molecule has 0 amide bonds. The number of esters is 1. The number of para-hydroxylation sites is 1. The van der Waals surface area contributed by atoms with Gasteiger partial charge in [-0.05, 0) is 12.1 Å². The van der Waals surface area contributed by atoms with Gasteiger partial charge in [0.2, 0.25) is 0 Å². The third-order valence-electron chi connectivity index (χ3n) is 1.46.